The van der Waals surface area contributed by atoms with Gasteiger partial charge in [-0.2, -0.15) is 0 Å². The van der Waals surface area contributed by atoms with E-state index in [-0.39, 0.29) is 11.0 Å². The van der Waals surface area contributed by atoms with E-state index >= 15 is 0 Å². The lowest BCUT2D eigenvalue weighted by molar-refractivity contribution is 0.246. The van der Waals surface area contributed by atoms with Crippen molar-refractivity contribution < 1.29 is 0 Å². The molecule has 6 aromatic rings. The van der Waals surface area contributed by atoms with E-state index in [1.165, 1.54) is 38.5 Å². The molecule has 0 spiro atoms. The van der Waals surface area contributed by atoms with Crippen LogP contribution >= 0.6 is 0 Å². The quantitative estimate of drug-likeness (QED) is 0.166. The van der Waals surface area contributed by atoms with Crippen LogP contribution in [0.4, 0.5) is 17.1 Å². The monoisotopic (exact) mass is 548 g/mol. The maximum Gasteiger partial charge on any atom is 0.0711 e. The van der Waals surface area contributed by atoms with Crippen LogP contribution in [0.25, 0.3) is 21.5 Å². The predicted molar refractivity (Wildman–Crippen MR) is 182 cm³/mol. The Morgan fingerprint density at radius 3 is 1.57 bits per heavy atom. The number of para-hydroxylation sites is 1. The van der Waals surface area contributed by atoms with Crippen molar-refractivity contribution in [3.63, 3.8) is 0 Å². The van der Waals surface area contributed by atoms with E-state index in [1.54, 1.807) is 0 Å². The minimum Gasteiger partial charge on any atom is -0.275 e. The maximum atomic E-state index is 2.57. The summed E-state index contributed by atoms with van der Waals surface area (Å²) in [7, 11) is 0. The van der Waals surface area contributed by atoms with Crippen molar-refractivity contribution >= 4 is 38.6 Å². The highest BCUT2D eigenvalue weighted by atomic mass is 15.7. The highest BCUT2D eigenvalue weighted by Gasteiger charge is 2.39. The molecule has 2 heteroatoms. The number of hydrogen-bond acceptors (Lipinski definition) is 2. The van der Waals surface area contributed by atoms with Gasteiger partial charge in [-0.25, -0.2) is 0 Å². The van der Waals surface area contributed by atoms with Gasteiger partial charge in [-0.05, 0) is 72.7 Å². The minimum absolute atomic E-state index is 0.0504. The molecule has 0 aromatic heterocycles. The van der Waals surface area contributed by atoms with E-state index < -0.39 is 0 Å². The Balaban J connectivity index is 1.58. The van der Waals surface area contributed by atoms with Crippen LogP contribution in [0, 0.1) is 5.41 Å². The fraction of sp³-hybridized carbons (Fsp3) is 0.200. The predicted octanol–water partition coefficient (Wildman–Crippen LogP) is 11.0. The van der Waals surface area contributed by atoms with Gasteiger partial charge in [0.15, 0.2) is 0 Å². The number of hydrazine groups is 1. The molecular formula is C40H40N2. The molecule has 0 aliphatic carbocycles. The second-order valence-corrected chi connectivity index (χ2v) is 12.8. The third-order valence-electron chi connectivity index (χ3n) is 8.20. The van der Waals surface area contributed by atoms with E-state index in [2.05, 4.69) is 183 Å². The molecule has 0 aliphatic heterocycles. The van der Waals surface area contributed by atoms with Crippen molar-refractivity contribution in [2.24, 2.45) is 5.41 Å². The summed E-state index contributed by atoms with van der Waals surface area (Å²) in [5.74, 6) is 0. The largest absolute Gasteiger partial charge is 0.275 e. The lowest BCUT2D eigenvalue weighted by Gasteiger charge is -2.51. The van der Waals surface area contributed by atoms with Gasteiger partial charge in [0.05, 0.1) is 22.6 Å². The molecule has 0 atom stereocenters. The van der Waals surface area contributed by atoms with Crippen molar-refractivity contribution in [1.82, 2.24) is 0 Å². The molecule has 0 fully saturated rings. The van der Waals surface area contributed by atoms with Crippen LogP contribution in [-0.4, -0.2) is 5.54 Å². The van der Waals surface area contributed by atoms with Crippen LogP contribution in [0.5, 0.6) is 0 Å². The summed E-state index contributed by atoms with van der Waals surface area (Å²) in [6.45, 7) is 9.63. The first-order valence-corrected chi connectivity index (χ1v) is 15.0. The highest BCUT2D eigenvalue weighted by molar-refractivity contribution is 6.00. The molecule has 2 nitrogen and oxygen atoms in total. The fourth-order valence-corrected chi connectivity index (χ4v) is 6.88. The highest BCUT2D eigenvalue weighted by Crippen LogP contribution is 2.45. The Kier molecular flexibility index (Phi) is 7.47. The molecule has 6 aromatic carbocycles. The molecule has 0 unspecified atom stereocenters. The lowest BCUT2D eigenvalue weighted by Crippen LogP contribution is -2.55. The number of anilines is 3. The normalized spacial score (nSPS) is 12.0. The first-order chi connectivity index (χ1) is 20.3. The van der Waals surface area contributed by atoms with Gasteiger partial charge in [-0.15, -0.1) is 0 Å². The first-order valence-electron chi connectivity index (χ1n) is 15.0. The average molecular weight is 549 g/mol. The zero-order valence-electron chi connectivity index (χ0n) is 25.2. The molecule has 210 valence electrons. The van der Waals surface area contributed by atoms with Crippen LogP contribution in [0.3, 0.4) is 0 Å². The van der Waals surface area contributed by atoms with Gasteiger partial charge in [0, 0.05) is 10.8 Å². The molecule has 0 amide bonds. The number of rotatable bonds is 9. The summed E-state index contributed by atoms with van der Waals surface area (Å²) in [6.07, 6.45) is 1.99. The van der Waals surface area contributed by atoms with Gasteiger partial charge in [0.25, 0.3) is 0 Å². The van der Waals surface area contributed by atoms with Gasteiger partial charge in [-0.1, -0.05) is 135 Å². The fourth-order valence-electron chi connectivity index (χ4n) is 6.88. The Hall–Kier alpha value is -4.56. The standard InChI is InChI=1S/C40H40N2/c1-39(2,29-31-17-7-5-8-18-31)30-40(3,4)42(38-28-16-22-33-20-12-14-26-36(33)38)41(34-23-9-6-10-24-34)37-27-15-21-32-19-11-13-25-35(32)37/h5-28H,29-30H2,1-4H3. The third kappa shape index (κ3) is 5.63. The maximum absolute atomic E-state index is 2.57. The van der Waals surface area contributed by atoms with E-state index in [1.807, 2.05) is 0 Å². The van der Waals surface area contributed by atoms with Gasteiger partial charge < -0.3 is 0 Å². The van der Waals surface area contributed by atoms with Gasteiger partial charge >= 0.3 is 0 Å². The Labute approximate surface area is 250 Å². The molecule has 0 heterocycles. The molecule has 0 radical (unpaired) electrons. The van der Waals surface area contributed by atoms with E-state index in [4.69, 9.17) is 0 Å². The second-order valence-electron chi connectivity index (χ2n) is 12.8. The van der Waals surface area contributed by atoms with Gasteiger partial charge in [0.1, 0.15) is 0 Å². The van der Waals surface area contributed by atoms with E-state index in [0.717, 1.165) is 18.5 Å². The molecule has 0 saturated carbocycles. The summed E-state index contributed by atoms with van der Waals surface area (Å²) in [5.41, 5.74) is 4.66. The topological polar surface area (TPSA) is 6.48 Å². The van der Waals surface area contributed by atoms with E-state index in [0.29, 0.717) is 0 Å². The van der Waals surface area contributed by atoms with Crippen molar-refractivity contribution in [3.8, 4) is 0 Å². The smallest absolute Gasteiger partial charge is 0.0711 e. The Bertz CT molecular complexity index is 1780. The molecular weight excluding hydrogens is 508 g/mol. The number of fused-ring (bicyclic) bond motifs is 2. The molecule has 0 saturated heterocycles. The third-order valence-corrected chi connectivity index (χ3v) is 8.20. The average Bonchev–Trinajstić information content (AvgIpc) is 2.99. The zero-order chi connectivity index (χ0) is 29.2. The van der Waals surface area contributed by atoms with Crippen LogP contribution in [0.2, 0.25) is 0 Å². The Morgan fingerprint density at radius 1 is 0.476 bits per heavy atom. The van der Waals surface area contributed by atoms with E-state index in [9.17, 15) is 0 Å². The summed E-state index contributed by atoms with van der Waals surface area (Å²) >= 11 is 0. The van der Waals surface area contributed by atoms with Gasteiger partial charge in [0.2, 0.25) is 0 Å². The number of benzene rings is 6. The SMILES string of the molecule is CC(C)(Cc1ccccc1)CC(C)(C)N(c1cccc2ccccc12)N(c1ccccc1)c1cccc2ccccc12. The van der Waals surface area contributed by atoms with Crippen molar-refractivity contribution in [2.45, 2.75) is 46.1 Å². The summed E-state index contributed by atoms with van der Waals surface area (Å²) in [6, 6.07) is 52.6. The molecule has 42 heavy (non-hydrogen) atoms. The second kappa shape index (κ2) is 11.4. The zero-order valence-corrected chi connectivity index (χ0v) is 25.2. The molecule has 0 bridgehead atoms. The number of nitrogens with zero attached hydrogens (tertiary/aromatic N) is 2. The summed E-state index contributed by atoms with van der Waals surface area (Å²) < 4.78 is 0. The van der Waals surface area contributed by atoms with Crippen LogP contribution in [0.15, 0.2) is 146 Å². The Morgan fingerprint density at radius 2 is 0.952 bits per heavy atom. The summed E-state index contributed by atoms with van der Waals surface area (Å²) in [4.78, 5) is 0. The first kappa shape index (κ1) is 27.6. The molecule has 0 aliphatic rings. The van der Waals surface area contributed by atoms with Crippen LogP contribution in [-0.2, 0) is 6.42 Å². The number of hydrogen-bond donors (Lipinski definition) is 0. The lowest BCUT2D eigenvalue weighted by atomic mass is 9.75. The van der Waals surface area contributed by atoms with Crippen LogP contribution in [0.1, 0.15) is 39.7 Å². The minimum atomic E-state index is -0.269. The van der Waals surface area contributed by atoms with Gasteiger partial charge in [-0.3, -0.25) is 10.0 Å². The van der Waals surface area contributed by atoms with Crippen molar-refractivity contribution in [2.75, 3.05) is 10.0 Å². The molecule has 6 rings (SSSR count). The van der Waals surface area contributed by atoms with Crippen molar-refractivity contribution in [3.05, 3.63) is 151 Å². The van der Waals surface area contributed by atoms with Crippen molar-refractivity contribution in [1.29, 1.82) is 0 Å². The van der Waals surface area contributed by atoms with Crippen LogP contribution < -0.4 is 10.0 Å². The molecule has 0 N–H and O–H groups in total. The summed E-state index contributed by atoms with van der Waals surface area (Å²) in [5, 5.41) is 9.98.